The first-order chi connectivity index (χ1) is 19.5. The van der Waals surface area contributed by atoms with Crippen LogP contribution in [0.15, 0.2) is 72.8 Å². The van der Waals surface area contributed by atoms with Gasteiger partial charge in [0.25, 0.3) is 5.91 Å². The van der Waals surface area contributed by atoms with E-state index in [-0.39, 0.29) is 17.9 Å². The molecule has 40 heavy (non-hydrogen) atoms. The summed E-state index contributed by atoms with van der Waals surface area (Å²) in [7, 11) is 0. The van der Waals surface area contributed by atoms with Crippen molar-refractivity contribution >= 4 is 5.91 Å². The minimum absolute atomic E-state index is 0.0228. The monoisotopic (exact) mass is 536 g/mol. The normalized spacial score (nSPS) is 24.2. The summed E-state index contributed by atoms with van der Waals surface area (Å²) in [6.45, 7) is 4.95. The zero-order valence-corrected chi connectivity index (χ0v) is 23.9. The van der Waals surface area contributed by atoms with Crippen LogP contribution in [0.4, 0.5) is 0 Å². The molecule has 3 aromatic carbocycles. The summed E-state index contributed by atoms with van der Waals surface area (Å²) in [5, 5.41) is 15.4. The van der Waals surface area contributed by atoms with Crippen molar-refractivity contribution in [2.24, 2.45) is 5.92 Å². The highest BCUT2D eigenvalue weighted by atomic mass is 16.3. The third-order valence-corrected chi connectivity index (χ3v) is 10.0. The Hall–Kier alpha value is -2.95. The minimum Gasteiger partial charge on any atom is -0.388 e. The first kappa shape index (κ1) is 27.2. The lowest BCUT2D eigenvalue weighted by molar-refractivity contribution is -0.0979. The number of fused-ring (bicyclic) bond motifs is 3. The standard InChI is InChI=1S/C36H44N2O2/c1-2-38(25-27-9-8-10-27)34-24-30-18-19-31(23-32(30)33-13-6-7-21-36(33,34)40)35(39)37-22-20-26-14-16-29(17-15-26)28-11-4-3-5-12-28/h3-5,11-12,14-19,23,27,33-34,40H,2,6-10,13,20-22,24-25H2,1H3,(H,37,39)/t33?,34-,36+/m1/s1. The van der Waals surface area contributed by atoms with E-state index in [1.54, 1.807) is 0 Å². The molecule has 3 atom stereocenters. The lowest BCUT2D eigenvalue weighted by Gasteiger charge is -2.53. The predicted molar refractivity (Wildman–Crippen MR) is 163 cm³/mol. The topological polar surface area (TPSA) is 52.6 Å². The molecule has 4 nitrogen and oxygen atoms in total. The molecule has 0 aliphatic heterocycles. The Morgan fingerprint density at radius 3 is 2.45 bits per heavy atom. The molecule has 3 aliphatic rings. The van der Waals surface area contributed by atoms with Crippen LogP contribution >= 0.6 is 0 Å². The van der Waals surface area contributed by atoms with Crippen LogP contribution in [-0.2, 0) is 12.8 Å². The van der Waals surface area contributed by atoms with Gasteiger partial charge in [-0.1, -0.05) is 86.8 Å². The molecular weight excluding hydrogens is 492 g/mol. The second-order valence-corrected chi connectivity index (χ2v) is 12.4. The van der Waals surface area contributed by atoms with Crippen LogP contribution in [0.3, 0.4) is 0 Å². The van der Waals surface area contributed by atoms with Gasteiger partial charge in [0.1, 0.15) is 0 Å². The summed E-state index contributed by atoms with van der Waals surface area (Å²) in [6, 6.07) is 25.4. The Balaban J connectivity index is 1.13. The number of benzene rings is 3. The minimum atomic E-state index is -0.702. The quantitative estimate of drug-likeness (QED) is 0.318. The highest BCUT2D eigenvalue weighted by Crippen LogP contribution is 2.50. The molecular formula is C36H44N2O2. The van der Waals surface area contributed by atoms with E-state index in [9.17, 15) is 9.90 Å². The second-order valence-electron chi connectivity index (χ2n) is 12.4. The first-order valence-electron chi connectivity index (χ1n) is 15.6. The number of hydrogen-bond acceptors (Lipinski definition) is 3. The largest absolute Gasteiger partial charge is 0.388 e. The Kier molecular flexibility index (Phi) is 8.09. The highest BCUT2D eigenvalue weighted by molar-refractivity contribution is 5.94. The fourth-order valence-corrected chi connectivity index (χ4v) is 7.48. The fourth-order valence-electron chi connectivity index (χ4n) is 7.48. The number of carbonyl (C=O) groups excluding carboxylic acids is 1. The SMILES string of the molecule is CCN(CC1CCC1)[C@@H]1Cc2ccc(C(=O)NCCc3ccc(-c4ccccc4)cc3)cc2C2CCCC[C@]21O. The zero-order chi connectivity index (χ0) is 27.5. The number of amides is 1. The Bertz CT molecular complexity index is 1300. The van der Waals surface area contributed by atoms with Crippen molar-refractivity contribution in [3.8, 4) is 11.1 Å². The molecule has 210 valence electrons. The van der Waals surface area contributed by atoms with E-state index < -0.39 is 5.60 Å². The van der Waals surface area contributed by atoms with E-state index in [1.807, 2.05) is 12.1 Å². The van der Waals surface area contributed by atoms with Crippen molar-refractivity contribution in [1.82, 2.24) is 10.2 Å². The van der Waals surface area contributed by atoms with Crippen LogP contribution in [0.5, 0.6) is 0 Å². The van der Waals surface area contributed by atoms with Gasteiger partial charge in [-0.25, -0.2) is 0 Å². The number of nitrogens with one attached hydrogen (secondary N) is 1. The fraction of sp³-hybridized carbons (Fsp3) is 0.472. The summed E-state index contributed by atoms with van der Waals surface area (Å²) < 4.78 is 0. The van der Waals surface area contributed by atoms with Crippen LogP contribution in [0.2, 0.25) is 0 Å². The average molecular weight is 537 g/mol. The lowest BCUT2D eigenvalue weighted by atomic mass is 9.62. The third kappa shape index (κ3) is 5.49. The van der Waals surface area contributed by atoms with Crippen molar-refractivity contribution in [1.29, 1.82) is 0 Å². The van der Waals surface area contributed by atoms with Crippen molar-refractivity contribution in [2.75, 3.05) is 19.6 Å². The van der Waals surface area contributed by atoms with Crippen LogP contribution in [0.25, 0.3) is 11.1 Å². The van der Waals surface area contributed by atoms with E-state index in [2.05, 4.69) is 77.8 Å². The Morgan fingerprint density at radius 2 is 1.73 bits per heavy atom. The van der Waals surface area contributed by atoms with E-state index >= 15 is 0 Å². The maximum atomic E-state index is 13.2. The zero-order valence-electron chi connectivity index (χ0n) is 23.9. The Morgan fingerprint density at radius 1 is 0.950 bits per heavy atom. The molecule has 3 aliphatic carbocycles. The Labute approximate surface area is 239 Å². The third-order valence-electron chi connectivity index (χ3n) is 10.0. The molecule has 4 heteroatoms. The van der Waals surface area contributed by atoms with Gasteiger partial charge in [0.15, 0.2) is 0 Å². The molecule has 0 spiro atoms. The van der Waals surface area contributed by atoms with Crippen LogP contribution < -0.4 is 5.32 Å². The van der Waals surface area contributed by atoms with Gasteiger partial charge in [0.2, 0.25) is 0 Å². The number of aliphatic hydroxyl groups is 1. The molecule has 0 radical (unpaired) electrons. The van der Waals surface area contributed by atoms with E-state index in [0.717, 1.165) is 57.5 Å². The molecule has 1 unspecified atom stereocenters. The first-order valence-corrected chi connectivity index (χ1v) is 15.6. The number of rotatable bonds is 9. The molecule has 2 saturated carbocycles. The van der Waals surface area contributed by atoms with Crippen molar-refractivity contribution in [3.63, 3.8) is 0 Å². The van der Waals surface area contributed by atoms with Gasteiger partial charge in [0.05, 0.1) is 5.60 Å². The van der Waals surface area contributed by atoms with Crippen LogP contribution in [0, 0.1) is 5.92 Å². The van der Waals surface area contributed by atoms with Crippen molar-refractivity contribution < 1.29 is 9.90 Å². The molecule has 3 aromatic rings. The summed E-state index contributed by atoms with van der Waals surface area (Å²) in [6.07, 6.45) is 9.80. The number of carbonyl (C=O) groups is 1. The summed E-state index contributed by atoms with van der Waals surface area (Å²) in [5.74, 6) is 0.881. The van der Waals surface area contributed by atoms with E-state index in [0.29, 0.717) is 12.1 Å². The van der Waals surface area contributed by atoms with Gasteiger partial charge in [0, 0.05) is 30.6 Å². The van der Waals surface area contributed by atoms with Gasteiger partial charge in [-0.2, -0.15) is 0 Å². The number of hydrogen-bond donors (Lipinski definition) is 2. The maximum Gasteiger partial charge on any atom is 0.251 e. The van der Waals surface area contributed by atoms with Crippen LogP contribution in [-0.4, -0.2) is 47.2 Å². The van der Waals surface area contributed by atoms with E-state index in [4.69, 9.17) is 0 Å². The summed E-state index contributed by atoms with van der Waals surface area (Å²) >= 11 is 0. The molecule has 0 saturated heterocycles. The predicted octanol–water partition coefficient (Wildman–Crippen LogP) is 6.76. The molecule has 6 rings (SSSR count). The molecule has 0 bridgehead atoms. The smallest absolute Gasteiger partial charge is 0.251 e. The number of likely N-dealkylation sites (N-methyl/N-ethyl adjacent to an activating group) is 1. The van der Waals surface area contributed by atoms with Gasteiger partial charge in [-0.05, 0) is 90.9 Å². The van der Waals surface area contributed by atoms with Gasteiger partial charge in [-0.3, -0.25) is 9.69 Å². The summed E-state index contributed by atoms with van der Waals surface area (Å²) in [4.78, 5) is 15.8. The number of nitrogens with zero attached hydrogens (tertiary/aromatic N) is 1. The van der Waals surface area contributed by atoms with Gasteiger partial charge in [-0.15, -0.1) is 0 Å². The van der Waals surface area contributed by atoms with Gasteiger partial charge < -0.3 is 10.4 Å². The maximum absolute atomic E-state index is 13.2. The van der Waals surface area contributed by atoms with Crippen molar-refractivity contribution in [2.45, 2.75) is 82.3 Å². The molecule has 2 fully saturated rings. The van der Waals surface area contributed by atoms with E-state index in [1.165, 1.54) is 47.1 Å². The highest BCUT2D eigenvalue weighted by Gasteiger charge is 2.51. The lowest BCUT2D eigenvalue weighted by Crippen LogP contribution is -2.61. The molecule has 2 N–H and O–H groups in total. The molecule has 0 heterocycles. The van der Waals surface area contributed by atoms with Crippen molar-refractivity contribution in [3.05, 3.63) is 95.1 Å². The molecule has 1 amide bonds. The van der Waals surface area contributed by atoms with Gasteiger partial charge >= 0.3 is 0 Å². The summed E-state index contributed by atoms with van der Waals surface area (Å²) in [5.41, 5.74) is 6.18. The molecule has 0 aromatic heterocycles. The average Bonchev–Trinajstić information content (AvgIpc) is 2.97. The second kappa shape index (κ2) is 11.9. The van der Waals surface area contributed by atoms with Crippen LogP contribution in [0.1, 0.15) is 84.8 Å².